The summed E-state index contributed by atoms with van der Waals surface area (Å²) in [7, 11) is 0. The molecule has 0 heterocycles. The molecule has 0 aromatic heterocycles. The highest BCUT2D eigenvalue weighted by Gasteiger charge is 2.22. The van der Waals surface area contributed by atoms with Gasteiger partial charge in [-0.25, -0.2) is 0 Å². The predicted octanol–water partition coefficient (Wildman–Crippen LogP) is 5.79. The highest BCUT2D eigenvalue weighted by Crippen LogP contribution is 2.39. The van der Waals surface area contributed by atoms with Gasteiger partial charge in [-0.1, -0.05) is 64.4 Å². The third kappa shape index (κ3) is 3.29. The zero-order valence-electron chi connectivity index (χ0n) is 14.0. The first-order chi connectivity index (χ1) is 9.70. The zero-order valence-corrected chi connectivity index (χ0v) is 14.0. The highest BCUT2D eigenvalue weighted by atomic mass is 16.3. The number of hydrogen-bond donors (Lipinski definition) is 1. The van der Waals surface area contributed by atoms with Gasteiger partial charge in [0.2, 0.25) is 0 Å². The molecule has 0 saturated carbocycles. The summed E-state index contributed by atoms with van der Waals surface area (Å²) in [6, 6.07) is 12.2. The lowest BCUT2D eigenvalue weighted by Gasteiger charge is -2.27. The van der Waals surface area contributed by atoms with E-state index in [4.69, 9.17) is 0 Å². The summed E-state index contributed by atoms with van der Waals surface area (Å²) < 4.78 is 0. The fourth-order valence-electron chi connectivity index (χ4n) is 2.81. The summed E-state index contributed by atoms with van der Waals surface area (Å²) in [6.45, 7) is 13.4. The molecular weight excluding hydrogens is 256 g/mol. The normalized spacial score (nSPS) is 12.0. The minimum Gasteiger partial charge on any atom is -0.508 e. The first-order valence-corrected chi connectivity index (χ1v) is 7.64. The second-order valence-electron chi connectivity index (χ2n) is 7.23. The van der Waals surface area contributed by atoms with Crippen LogP contribution < -0.4 is 0 Å². The van der Waals surface area contributed by atoms with Gasteiger partial charge in [0.1, 0.15) is 5.75 Å². The van der Waals surface area contributed by atoms with Crippen LogP contribution in [0.4, 0.5) is 0 Å². The molecule has 0 spiro atoms. The van der Waals surface area contributed by atoms with Crippen molar-refractivity contribution in [1.82, 2.24) is 0 Å². The molecule has 0 aliphatic heterocycles. The van der Waals surface area contributed by atoms with Crippen molar-refractivity contribution >= 4 is 0 Å². The number of aryl methyl sites for hydroxylation is 1. The van der Waals surface area contributed by atoms with Crippen molar-refractivity contribution in [3.63, 3.8) is 0 Å². The molecule has 0 saturated heterocycles. The molecule has 1 N–H and O–H groups in total. The van der Waals surface area contributed by atoms with Crippen LogP contribution in [0.5, 0.6) is 5.75 Å². The van der Waals surface area contributed by atoms with E-state index in [9.17, 15) is 5.11 Å². The van der Waals surface area contributed by atoms with Gasteiger partial charge in [-0.15, -0.1) is 0 Å². The van der Waals surface area contributed by atoms with E-state index in [2.05, 4.69) is 53.7 Å². The number of benzene rings is 2. The Hall–Kier alpha value is -1.76. The van der Waals surface area contributed by atoms with E-state index >= 15 is 0 Å². The van der Waals surface area contributed by atoms with Gasteiger partial charge in [-0.3, -0.25) is 0 Å². The number of rotatable bonds is 2. The molecule has 2 rings (SSSR count). The summed E-state index contributed by atoms with van der Waals surface area (Å²) in [4.78, 5) is 0. The van der Waals surface area contributed by atoms with Gasteiger partial charge in [0.05, 0.1) is 0 Å². The predicted molar refractivity (Wildman–Crippen MR) is 91.1 cm³/mol. The fraction of sp³-hybridized carbons (Fsp3) is 0.400. The quantitative estimate of drug-likeness (QED) is 0.739. The van der Waals surface area contributed by atoms with Gasteiger partial charge in [0.25, 0.3) is 0 Å². The van der Waals surface area contributed by atoms with Crippen molar-refractivity contribution < 1.29 is 5.11 Å². The number of hydrogen-bond acceptors (Lipinski definition) is 1. The zero-order chi connectivity index (χ0) is 15.8. The molecule has 1 nitrogen and oxygen atoms in total. The Morgan fingerprint density at radius 1 is 0.952 bits per heavy atom. The largest absolute Gasteiger partial charge is 0.508 e. The molecule has 0 aliphatic carbocycles. The summed E-state index contributed by atoms with van der Waals surface area (Å²) in [5.41, 5.74) is 6.65. The molecule has 0 bridgehead atoms. The lowest BCUT2D eigenvalue weighted by molar-refractivity contribution is 0.475. The standard InChI is InChI=1S/C20H26O/c1-13(2)17-11-14(3)12-18(20(4,5)6)19(17)15-7-9-16(21)10-8-15/h7-13,21H,1-6H3. The van der Waals surface area contributed by atoms with E-state index in [1.165, 1.54) is 27.8 Å². The van der Waals surface area contributed by atoms with Gasteiger partial charge < -0.3 is 5.11 Å². The van der Waals surface area contributed by atoms with Crippen molar-refractivity contribution in [3.05, 3.63) is 53.1 Å². The fourth-order valence-corrected chi connectivity index (χ4v) is 2.81. The number of phenolic OH excluding ortho intramolecular Hbond substituents is 1. The number of phenols is 1. The van der Waals surface area contributed by atoms with Crippen LogP contribution in [0.25, 0.3) is 11.1 Å². The monoisotopic (exact) mass is 282 g/mol. The van der Waals surface area contributed by atoms with Crippen molar-refractivity contribution in [2.45, 2.75) is 52.9 Å². The third-order valence-corrected chi connectivity index (χ3v) is 3.90. The number of aromatic hydroxyl groups is 1. The summed E-state index contributed by atoms with van der Waals surface area (Å²) in [6.07, 6.45) is 0. The van der Waals surface area contributed by atoms with Gasteiger partial charge in [-0.05, 0) is 52.6 Å². The first-order valence-electron chi connectivity index (χ1n) is 7.64. The molecule has 0 atom stereocenters. The molecule has 0 amide bonds. The third-order valence-electron chi connectivity index (χ3n) is 3.90. The second kappa shape index (κ2) is 5.55. The van der Waals surface area contributed by atoms with Gasteiger partial charge >= 0.3 is 0 Å². The van der Waals surface area contributed by atoms with Crippen molar-refractivity contribution in [1.29, 1.82) is 0 Å². The molecule has 112 valence electrons. The lowest BCUT2D eigenvalue weighted by Crippen LogP contribution is -2.15. The van der Waals surface area contributed by atoms with Gasteiger partial charge in [-0.2, -0.15) is 0 Å². The van der Waals surface area contributed by atoms with E-state index < -0.39 is 0 Å². The van der Waals surface area contributed by atoms with Crippen LogP contribution in [-0.2, 0) is 5.41 Å². The molecule has 2 aromatic carbocycles. The molecule has 0 radical (unpaired) electrons. The molecule has 21 heavy (non-hydrogen) atoms. The minimum atomic E-state index is 0.0862. The maximum Gasteiger partial charge on any atom is 0.115 e. The van der Waals surface area contributed by atoms with E-state index in [1.807, 2.05) is 12.1 Å². The molecule has 0 aliphatic rings. The van der Waals surface area contributed by atoms with E-state index in [0.717, 1.165) is 0 Å². The van der Waals surface area contributed by atoms with Crippen LogP contribution in [0, 0.1) is 6.92 Å². The Labute approximate surface area is 128 Å². The Morgan fingerprint density at radius 2 is 1.52 bits per heavy atom. The Morgan fingerprint density at radius 3 is 2.00 bits per heavy atom. The lowest BCUT2D eigenvalue weighted by atomic mass is 9.77. The Balaban J connectivity index is 2.80. The maximum absolute atomic E-state index is 9.56. The molecule has 0 unspecified atom stereocenters. The highest BCUT2D eigenvalue weighted by molar-refractivity contribution is 5.74. The molecule has 2 aromatic rings. The van der Waals surface area contributed by atoms with Gasteiger partial charge in [0.15, 0.2) is 0 Å². The van der Waals surface area contributed by atoms with E-state index in [1.54, 1.807) is 12.1 Å². The van der Waals surface area contributed by atoms with E-state index in [0.29, 0.717) is 11.7 Å². The van der Waals surface area contributed by atoms with Crippen LogP contribution in [-0.4, -0.2) is 5.11 Å². The minimum absolute atomic E-state index is 0.0862. The smallest absolute Gasteiger partial charge is 0.115 e. The topological polar surface area (TPSA) is 20.2 Å². The average molecular weight is 282 g/mol. The summed E-state index contributed by atoms with van der Waals surface area (Å²) >= 11 is 0. The molecule has 1 heteroatoms. The van der Waals surface area contributed by atoms with Crippen LogP contribution in [0.1, 0.15) is 57.2 Å². The van der Waals surface area contributed by atoms with Crippen molar-refractivity contribution in [2.24, 2.45) is 0 Å². The average Bonchev–Trinajstić information content (AvgIpc) is 2.38. The molecule has 0 fully saturated rings. The van der Waals surface area contributed by atoms with Crippen LogP contribution >= 0.6 is 0 Å². The van der Waals surface area contributed by atoms with Crippen molar-refractivity contribution in [2.75, 3.05) is 0 Å². The van der Waals surface area contributed by atoms with Crippen LogP contribution in [0.2, 0.25) is 0 Å². The second-order valence-corrected chi connectivity index (χ2v) is 7.23. The summed E-state index contributed by atoms with van der Waals surface area (Å²) in [5.74, 6) is 0.782. The van der Waals surface area contributed by atoms with E-state index in [-0.39, 0.29) is 5.41 Å². The molecular formula is C20H26O. The van der Waals surface area contributed by atoms with Crippen molar-refractivity contribution in [3.8, 4) is 16.9 Å². The first kappa shape index (κ1) is 15.6. The van der Waals surface area contributed by atoms with Crippen LogP contribution in [0.15, 0.2) is 36.4 Å². The van der Waals surface area contributed by atoms with Crippen LogP contribution in [0.3, 0.4) is 0 Å². The SMILES string of the molecule is Cc1cc(C(C)C)c(-c2ccc(O)cc2)c(C(C)(C)C)c1. The van der Waals surface area contributed by atoms with Gasteiger partial charge in [0, 0.05) is 0 Å². The Kier molecular flexibility index (Phi) is 4.13. The maximum atomic E-state index is 9.56. The summed E-state index contributed by atoms with van der Waals surface area (Å²) in [5, 5.41) is 9.56. The Bertz CT molecular complexity index is 628.